The molecule has 1 aliphatic heterocycles. The summed E-state index contributed by atoms with van der Waals surface area (Å²) < 4.78 is 19.0. The molecule has 1 saturated heterocycles. The van der Waals surface area contributed by atoms with Gasteiger partial charge in [-0.05, 0) is 52.7 Å². The van der Waals surface area contributed by atoms with Crippen molar-refractivity contribution in [2.24, 2.45) is 4.99 Å². The number of rotatable bonds is 7. The van der Waals surface area contributed by atoms with Gasteiger partial charge >= 0.3 is 0 Å². The molecular weight excluding hydrogens is 458 g/mol. The van der Waals surface area contributed by atoms with Crippen LogP contribution in [-0.2, 0) is 0 Å². The molecule has 2 N–H and O–H groups in total. The van der Waals surface area contributed by atoms with E-state index >= 15 is 0 Å². The smallest absolute Gasteiger partial charge is 0.191 e. The van der Waals surface area contributed by atoms with Gasteiger partial charge in [-0.15, -0.1) is 24.0 Å². The third kappa shape index (κ3) is 8.64. The quantitative estimate of drug-likeness (QED) is 0.347. The number of halogens is 2. The zero-order valence-corrected chi connectivity index (χ0v) is 19.2. The summed E-state index contributed by atoms with van der Waals surface area (Å²) in [5, 5.41) is 6.84. The molecule has 1 fully saturated rings. The van der Waals surface area contributed by atoms with Crippen molar-refractivity contribution in [2.45, 2.75) is 58.7 Å². The Morgan fingerprint density at radius 3 is 2.59 bits per heavy atom. The monoisotopic (exact) mass is 492 g/mol. The second kappa shape index (κ2) is 12.4. The second-order valence-electron chi connectivity index (χ2n) is 7.15. The molecule has 7 heteroatoms. The van der Waals surface area contributed by atoms with Crippen molar-refractivity contribution in [2.75, 3.05) is 26.2 Å². The van der Waals surface area contributed by atoms with Gasteiger partial charge in [-0.25, -0.2) is 9.38 Å². The zero-order chi connectivity index (χ0) is 18.9. The minimum absolute atomic E-state index is 0. The SMILES string of the molecule is CCNC(=NCC(C)Oc1cccc(F)c1)NC1CCN(C(C)C)CC1.I. The number of nitrogens with one attached hydrogen (secondary N) is 2. The molecule has 2 rings (SSSR count). The van der Waals surface area contributed by atoms with Crippen LogP contribution < -0.4 is 15.4 Å². The average molecular weight is 492 g/mol. The van der Waals surface area contributed by atoms with Gasteiger partial charge in [0.2, 0.25) is 0 Å². The molecule has 0 aromatic heterocycles. The number of aliphatic imine (C=N–C) groups is 1. The van der Waals surface area contributed by atoms with Gasteiger partial charge in [0.15, 0.2) is 5.96 Å². The van der Waals surface area contributed by atoms with Crippen LogP contribution in [0.1, 0.15) is 40.5 Å². The van der Waals surface area contributed by atoms with E-state index in [2.05, 4.69) is 41.3 Å². The van der Waals surface area contributed by atoms with Gasteiger partial charge in [0.1, 0.15) is 17.7 Å². The molecule has 0 radical (unpaired) electrons. The summed E-state index contributed by atoms with van der Waals surface area (Å²) in [5.74, 6) is 1.07. The fraction of sp³-hybridized carbons (Fsp3) is 0.650. The summed E-state index contributed by atoms with van der Waals surface area (Å²) in [6.45, 7) is 12.1. The van der Waals surface area contributed by atoms with Gasteiger partial charge < -0.3 is 20.3 Å². The first kappa shape index (κ1) is 23.9. The molecule has 1 aliphatic rings. The van der Waals surface area contributed by atoms with Crippen LogP contribution in [0.2, 0.25) is 0 Å². The minimum atomic E-state index is -0.291. The Morgan fingerprint density at radius 1 is 1.30 bits per heavy atom. The number of benzene rings is 1. The Morgan fingerprint density at radius 2 is 2.00 bits per heavy atom. The Kier molecular flexibility index (Phi) is 11.0. The summed E-state index contributed by atoms with van der Waals surface area (Å²) in [4.78, 5) is 7.15. The molecule has 0 bridgehead atoms. The maximum absolute atomic E-state index is 13.2. The summed E-state index contributed by atoms with van der Waals surface area (Å²) in [6.07, 6.45) is 2.12. The lowest BCUT2D eigenvalue weighted by Crippen LogP contribution is -2.50. The molecule has 1 aromatic carbocycles. The highest BCUT2D eigenvalue weighted by Gasteiger charge is 2.21. The molecule has 0 aliphatic carbocycles. The highest BCUT2D eigenvalue weighted by Crippen LogP contribution is 2.14. The van der Waals surface area contributed by atoms with E-state index in [-0.39, 0.29) is 35.9 Å². The van der Waals surface area contributed by atoms with Crippen LogP contribution >= 0.6 is 24.0 Å². The van der Waals surface area contributed by atoms with Crippen molar-refractivity contribution < 1.29 is 9.13 Å². The van der Waals surface area contributed by atoms with E-state index in [1.54, 1.807) is 12.1 Å². The maximum atomic E-state index is 13.2. The van der Waals surface area contributed by atoms with Crippen molar-refractivity contribution in [1.29, 1.82) is 0 Å². The van der Waals surface area contributed by atoms with Gasteiger partial charge in [-0.2, -0.15) is 0 Å². The third-order valence-corrected chi connectivity index (χ3v) is 4.58. The largest absolute Gasteiger partial charge is 0.489 e. The van der Waals surface area contributed by atoms with Crippen molar-refractivity contribution in [1.82, 2.24) is 15.5 Å². The minimum Gasteiger partial charge on any atom is -0.489 e. The van der Waals surface area contributed by atoms with E-state index in [0.717, 1.165) is 38.4 Å². The number of hydrogen-bond acceptors (Lipinski definition) is 3. The zero-order valence-electron chi connectivity index (χ0n) is 16.9. The lowest BCUT2D eigenvalue weighted by Gasteiger charge is -2.35. The topological polar surface area (TPSA) is 48.9 Å². The van der Waals surface area contributed by atoms with Crippen LogP contribution in [0.15, 0.2) is 29.3 Å². The van der Waals surface area contributed by atoms with Gasteiger partial charge in [-0.3, -0.25) is 0 Å². The Balaban J connectivity index is 0.00000364. The predicted octanol–water partition coefficient (Wildman–Crippen LogP) is 3.64. The van der Waals surface area contributed by atoms with Crippen LogP contribution in [0, 0.1) is 5.82 Å². The summed E-state index contributed by atoms with van der Waals surface area (Å²) in [6, 6.07) is 7.27. The molecule has 0 amide bonds. The third-order valence-electron chi connectivity index (χ3n) is 4.58. The van der Waals surface area contributed by atoms with Gasteiger partial charge in [0, 0.05) is 37.8 Å². The molecule has 0 saturated carbocycles. The number of nitrogens with zero attached hydrogens (tertiary/aromatic N) is 2. The molecule has 1 aromatic rings. The number of ether oxygens (including phenoxy) is 1. The van der Waals surface area contributed by atoms with Crippen LogP contribution in [0.4, 0.5) is 4.39 Å². The fourth-order valence-corrected chi connectivity index (χ4v) is 3.10. The lowest BCUT2D eigenvalue weighted by atomic mass is 10.0. The van der Waals surface area contributed by atoms with Gasteiger partial charge in [0.05, 0.1) is 6.54 Å². The standard InChI is InChI=1S/C20H33FN4O.HI/c1-5-22-20(24-18-9-11-25(12-10-18)15(2)3)23-14-16(4)26-19-8-6-7-17(21)13-19;/h6-8,13,15-16,18H,5,9-12,14H2,1-4H3,(H2,22,23,24);1H. The highest BCUT2D eigenvalue weighted by molar-refractivity contribution is 14.0. The predicted molar refractivity (Wildman–Crippen MR) is 121 cm³/mol. The van der Waals surface area contributed by atoms with Crippen LogP contribution in [-0.4, -0.2) is 55.2 Å². The number of likely N-dealkylation sites (tertiary alicyclic amines) is 1. The highest BCUT2D eigenvalue weighted by atomic mass is 127. The average Bonchev–Trinajstić information content (AvgIpc) is 2.60. The first-order chi connectivity index (χ1) is 12.5. The van der Waals surface area contributed by atoms with E-state index in [9.17, 15) is 4.39 Å². The number of hydrogen-bond donors (Lipinski definition) is 2. The van der Waals surface area contributed by atoms with Gasteiger partial charge in [0.25, 0.3) is 0 Å². The molecule has 5 nitrogen and oxygen atoms in total. The Bertz CT molecular complexity index is 577. The first-order valence-electron chi connectivity index (χ1n) is 9.69. The second-order valence-corrected chi connectivity index (χ2v) is 7.15. The molecule has 1 heterocycles. The van der Waals surface area contributed by atoms with E-state index in [4.69, 9.17) is 4.74 Å². The summed E-state index contributed by atoms with van der Waals surface area (Å²) in [5.41, 5.74) is 0. The first-order valence-corrected chi connectivity index (χ1v) is 9.69. The molecule has 27 heavy (non-hydrogen) atoms. The Labute approximate surface area is 180 Å². The molecular formula is C20H34FIN4O. The number of guanidine groups is 1. The maximum Gasteiger partial charge on any atom is 0.191 e. The fourth-order valence-electron chi connectivity index (χ4n) is 3.10. The Hall–Kier alpha value is -1.09. The molecule has 1 unspecified atom stereocenters. The van der Waals surface area contributed by atoms with Gasteiger partial charge in [-0.1, -0.05) is 6.07 Å². The summed E-state index contributed by atoms with van der Waals surface area (Å²) in [7, 11) is 0. The van der Waals surface area contributed by atoms with E-state index < -0.39 is 0 Å². The normalized spacial score (nSPS) is 17.3. The van der Waals surface area contributed by atoms with Crippen molar-refractivity contribution >= 4 is 29.9 Å². The van der Waals surface area contributed by atoms with Crippen LogP contribution in [0.5, 0.6) is 5.75 Å². The molecule has 154 valence electrons. The van der Waals surface area contributed by atoms with Crippen molar-refractivity contribution in [3.63, 3.8) is 0 Å². The number of piperidine rings is 1. The lowest BCUT2D eigenvalue weighted by molar-refractivity contribution is 0.167. The van der Waals surface area contributed by atoms with Crippen molar-refractivity contribution in [3.8, 4) is 5.75 Å². The molecule has 1 atom stereocenters. The van der Waals surface area contributed by atoms with Crippen molar-refractivity contribution in [3.05, 3.63) is 30.1 Å². The van der Waals surface area contributed by atoms with Crippen LogP contribution in [0.3, 0.4) is 0 Å². The summed E-state index contributed by atoms with van der Waals surface area (Å²) >= 11 is 0. The van der Waals surface area contributed by atoms with Crippen LogP contribution in [0.25, 0.3) is 0 Å². The molecule has 0 spiro atoms. The van der Waals surface area contributed by atoms with E-state index in [1.807, 2.05) is 6.92 Å². The van der Waals surface area contributed by atoms with E-state index in [0.29, 0.717) is 24.4 Å². The van der Waals surface area contributed by atoms with E-state index in [1.165, 1.54) is 12.1 Å².